The van der Waals surface area contributed by atoms with Gasteiger partial charge in [0.15, 0.2) is 11.6 Å². The number of terminal acetylenes is 1. The lowest BCUT2D eigenvalue weighted by molar-refractivity contribution is 0.286. The van der Waals surface area contributed by atoms with E-state index in [0.717, 1.165) is 43.1 Å². The summed E-state index contributed by atoms with van der Waals surface area (Å²) in [6.07, 6.45) is 10.6. The first-order valence-corrected chi connectivity index (χ1v) is 10.2. The third-order valence-electron chi connectivity index (χ3n) is 5.37. The molecule has 0 atom stereocenters. The van der Waals surface area contributed by atoms with Crippen molar-refractivity contribution in [1.29, 1.82) is 5.26 Å². The van der Waals surface area contributed by atoms with E-state index >= 15 is 0 Å². The van der Waals surface area contributed by atoms with Crippen LogP contribution in [0.4, 0.5) is 5.82 Å². The standard InChI is InChI=1S/C23H24N6O2/c1-4-6-27-7-9-28(10-8-27)23-21(30-3)11-17(14-25-23)20-12-19(31-5-2)16-29-22(20)18(13-24)15-26-29/h1,11-12,14-16H,5-10H2,2-3H3. The van der Waals surface area contributed by atoms with Crippen molar-refractivity contribution < 1.29 is 9.47 Å². The molecule has 0 spiro atoms. The molecule has 3 aromatic heterocycles. The zero-order valence-electron chi connectivity index (χ0n) is 17.7. The third kappa shape index (κ3) is 3.98. The van der Waals surface area contributed by atoms with Gasteiger partial charge < -0.3 is 14.4 Å². The zero-order valence-corrected chi connectivity index (χ0v) is 17.7. The van der Waals surface area contributed by atoms with Gasteiger partial charge in [0, 0.05) is 43.5 Å². The van der Waals surface area contributed by atoms with Crippen LogP contribution < -0.4 is 14.4 Å². The Morgan fingerprint density at radius 3 is 2.68 bits per heavy atom. The van der Waals surface area contributed by atoms with E-state index in [9.17, 15) is 5.26 Å². The molecule has 0 unspecified atom stereocenters. The van der Waals surface area contributed by atoms with Crippen molar-refractivity contribution >= 4 is 11.3 Å². The van der Waals surface area contributed by atoms with Gasteiger partial charge in [-0.3, -0.25) is 4.90 Å². The van der Waals surface area contributed by atoms with Gasteiger partial charge in [-0.15, -0.1) is 6.42 Å². The van der Waals surface area contributed by atoms with Crippen molar-refractivity contribution in [3.05, 3.63) is 36.3 Å². The molecule has 158 valence electrons. The predicted octanol–water partition coefficient (Wildman–Crippen LogP) is 2.43. The minimum Gasteiger partial charge on any atom is -0.493 e. The van der Waals surface area contributed by atoms with Crippen LogP contribution in [0.1, 0.15) is 12.5 Å². The summed E-state index contributed by atoms with van der Waals surface area (Å²) in [5.74, 6) is 4.86. The second kappa shape index (κ2) is 8.95. The van der Waals surface area contributed by atoms with E-state index in [4.69, 9.17) is 20.9 Å². The SMILES string of the molecule is C#CCN1CCN(c2ncc(-c3cc(OCC)cn4ncc(C#N)c34)cc2OC)CC1. The van der Waals surface area contributed by atoms with E-state index in [0.29, 0.717) is 35.7 Å². The van der Waals surface area contributed by atoms with Gasteiger partial charge >= 0.3 is 0 Å². The van der Waals surface area contributed by atoms with Crippen LogP contribution in [0.25, 0.3) is 16.6 Å². The lowest BCUT2D eigenvalue weighted by Crippen LogP contribution is -2.46. The molecular formula is C23H24N6O2. The van der Waals surface area contributed by atoms with Gasteiger partial charge in [0.2, 0.25) is 0 Å². The second-order valence-electron chi connectivity index (χ2n) is 7.20. The monoisotopic (exact) mass is 416 g/mol. The summed E-state index contributed by atoms with van der Waals surface area (Å²) >= 11 is 0. The fourth-order valence-electron chi connectivity index (χ4n) is 3.86. The molecule has 1 fully saturated rings. The van der Waals surface area contributed by atoms with Crippen LogP contribution in [0.2, 0.25) is 0 Å². The van der Waals surface area contributed by atoms with Crippen LogP contribution in [-0.4, -0.2) is 65.9 Å². The lowest BCUT2D eigenvalue weighted by Gasteiger charge is -2.35. The number of rotatable bonds is 6. The highest BCUT2D eigenvalue weighted by Crippen LogP contribution is 2.35. The number of nitrogens with zero attached hydrogens (tertiary/aromatic N) is 6. The molecule has 0 radical (unpaired) electrons. The van der Waals surface area contributed by atoms with Gasteiger partial charge in [0.25, 0.3) is 0 Å². The maximum absolute atomic E-state index is 9.55. The predicted molar refractivity (Wildman–Crippen MR) is 118 cm³/mol. The Bertz CT molecular complexity index is 1170. The quantitative estimate of drug-likeness (QED) is 0.571. The molecule has 31 heavy (non-hydrogen) atoms. The number of piperazine rings is 1. The molecule has 1 aliphatic heterocycles. The maximum atomic E-state index is 9.55. The first-order chi connectivity index (χ1) is 15.2. The highest BCUT2D eigenvalue weighted by atomic mass is 16.5. The summed E-state index contributed by atoms with van der Waals surface area (Å²) in [6.45, 7) is 6.55. The Morgan fingerprint density at radius 1 is 1.19 bits per heavy atom. The van der Waals surface area contributed by atoms with Gasteiger partial charge in [-0.25, -0.2) is 9.50 Å². The zero-order chi connectivity index (χ0) is 21.8. The highest BCUT2D eigenvalue weighted by Gasteiger charge is 2.22. The van der Waals surface area contributed by atoms with Crippen molar-refractivity contribution in [3.8, 4) is 41.0 Å². The molecular weight excluding hydrogens is 392 g/mol. The Kier molecular flexibility index (Phi) is 5.92. The minimum atomic E-state index is 0.491. The highest BCUT2D eigenvalue weighted by molar-refractivity contribution is 5.86. The number of fused-ring (bicyclic) bond motifs is 1. The number of pyridine rings is 2. The maximum Gasteiger partial charge on any atom is 0.171 e. The molecule has 3 aromatic rings. The topological polar surface area (TPSA) is 78.9 Å². The van der Waals surface area contributed by atoms with Crippen molar-refractivity contribution in [2.24, 2.45) is 0 Å². The first-order valence-electron chi connectivity index (χ1n) is 10.2. The molecule has 0 bridgehead atoms. The van der Waals surface area contributed by atoms with Crippen LogP contribution in [0, 0.1) is 23.7 Å². The number of ether oxygens (including phenoxy) is 2. The van der Waals surface area contributed by atoms with Gasteiger partial charge in [-0.05, 0) is 19.1 Å². The molecule has 8 heteroatoms. The fourth-order valence-corrected chi connectivity index (χ4v) is 3.86. The number of anilines is 1. The molecule has 0 saturated carbocycles. The summed E-state index contributed by atoms with van der Waals surface area (Å²) in [4.78, 5) is 9.19. The molecule has 1 saturated heterocycles. The minimum absolute atomic E-state index is 0.491. The summed E-state index contributed by atoms with van der Waals surface area (Å²) in [5, 5.41) is 13.9. The number of hydrogen-bond acceptors (Lipinski definition) is 7. The van der Waals surface area contributed by atoms with E-state index in [1.807, 2.05) is 25.3 Å². The number of hydrogen-bond donors (Lipinski definition) is 0. The van der Waals surface area contributed by atoms with Crippen molar-refractivity contribution in [1.82, 2.24) is 19.5 Å². The van der Waals surface area contributed by atoms with E-state index < -0.39 is 0 Å². The largest absolute Gasteiger partial charge is 0.493 e. The van der Waals surface area contributed by atoms with Crippen LogP contribution >= 0.6 is 0 Å². The van der Waals surface area contributed by atoms with Gasteiger partial charge in [-0.2, -0.15) is 10.4 Å². The lowest BCUT2D eigenvalue weighted by atomic mass is 10.0. The summed E-state index contributed by atoms with van der Waals surface area (Å²) in [5.41, 5.74) is 2.85. The van der Waals surface area contributed by atoms with E-state index in [1.165, 1.54) is 0 Å². The van der Waals surface area contributed by atoms with Crippen molar-refractivity contribution in [3.63, 3.8) is 0 Å². The number of aromatic nitrogens is 3. The van der Waals surface area contributed by atoms with Crippen LogP contribution in [-0.2, 0) is 0 Å². The second-order valence-corrected chi connectivity index (χ2v) is 7.20. The van der Waals surface area contributed by atoms with Crippen LogP contribution in [0.15, 0.2) is 30.7 Å². The number of nitriles is 1. The fraction of sp³-hybridized carbons (Fsp3) is 0.348. The molecule has 1 aliphatic rings. The Labute approximate surface area is 181 Å². The van der Waals surface area contributed by atoms with Crippen molar-refractivity contribution in [2.45, 2.75) is 6.92 Å². The average molecular weight is 416 g/mol. The molecule has 0 N–H and O–H groups in total. The van der Waals surface area contributed by atoms with E-state index in [1.54, 1.807) is 24.0 Å². The van der Waals surface area contributed by atoms with Crippen LogP contribution in [0.3, 0.4) is 0 Å². The van der Waals surface area contributed by atoms with E-state index in [-0.39, 0.29) is 0 Å². The molecule has 4 rings (SSSR count). The molecule has 0 aliphatic carbocycles. The van der Waals surface area contributed by atoms with Gasteiger partial charge in [-0.1, -0.05) is 5.92 Å². The summed E-state index contributed by atoms with van der Waals surface area (Å²) < 4.78 is 13.1. The van der Waals surface area contributed by atoms with E-state index in [2.05, 4.69) is 26.9 Å². The Morgan fingerprint density at radius 2 is 2.00 bits per heavy atom. The molecule has 0 amide bonds. The van der Waals surface area contributed by atoms with Crippen LogP contribution in [0.5, 0.6) is 11.5 Å². The van der Waals surface area contributed by atoms with Crippen molar-refractivity contribution in [2.75, 3.05) is 51.3 Å². The molecule has 4 heterocycles. The third-order valence-corrected chi connectivity index (χ3v) is 5.37. The first kappa shape index (κ1) is 20.5. The average Bonchev–Trinajstić information content (AvgIpc) is 3.22. The summed E-state index contributed by atoms with van der Waals surface area (Å²) in [6, 6.07) is 6.08. The molecule has 0 aromatic carbocycles. The van der Waals surface area contributed by atoms with Gasteiger partial charge in [0.1, 0.15) is 11.8 Å². The Balaban J connectivity index is 1.73. The smallest absolute Gasteiger partial charge is 0.171 e. The summed E-state index contributed by atoms with van der Waals surface area (Å²) in [7, 11) is 1.64. The normalized spacial score (nSPS) is 14.3. The van der Waals surface area contributed by atoms with Gasteiger partial charge in [0.05, 0.1) is 43.7 Å². The Hall–Kier alpha value is -3.75. The number of methoxy groups -OCH3 is 1. The molecule has 8 nitrogen and oxygen atoms in total.